The molecule has 196 valence electrons. The fourth-order valence-corrected chi connectivity index (χ4v) is 5.00. The van der Waals surface area contributed by atoms with Gasteiger partial charge in [-0.15, -0.1) is 0 Å². The van der Waals surface area contributed by atoms with E-state index < -0.39 is 28.5 Å². The van der Waals surface area contributed by atoms with Crippen LogP contribution in [0.1, 0.15) is 30.5 Å². The second-order valence-electron chi connectivity index (χ2n) is 9.48. The van der Waals surface area contributed by atoms with E-state index in [1.54, 1.807) is 30.3 Å². The Morgan fingerprint density at radius 3 is 2.03 bits per heavy atom. The summed E-state index contributed by atoms with van der Waals surface area (Å²) >= 11 is 0. The number of carbonyl (C=O) groups excluding carboxylic acids is 2. The van der Waals surface area contributed by atoms with Crippen LogP contribution in [0, 0.1) is 6.92 Å². The van der Waals surface area contributed by atoms with Crippen LogP contribution in [-0.4, -0.2) is 50.0 Å². The zero-order valence-electron chi connectivity index (χ0n) is 21.8. The summed E-state index contributed by atoms with van der Waals surface area (Å²) in [6, 6.07) is 24.8. The van der Waals surface area contributed by atoms with Crippen LogP contribution in [-0.2, 0) is 32.6 Å². The van der Waals surface area contributed by atoms with Crippen LogP contribution in [0.4, 0.5) is 5.69 Å². The highest BCUT2D eigenvalue weighted by atomic mass is 32.2. The molecule has 0 aromatic heterocycles. The average Bonchev–Trinajstić information content (AvgIpc) is 2.84. The zero-order chi connectivity index (χ0) is 27.0. The lowest BCUT2D eigenvalue weighted by atomic mass is 10.0. The molecule has 0 aliphatic heterocycles. The number of hydrogen-bond donors (Lipinski definition) is 1. The highest BCUT2D eigenvalue weighted by Gasteiger charge is 2.33. The number of sulfonamides is 1. The minimum atomic E-state index is -3.76. The van der Waals surface area contributed by atoms with Gasteiger partial charge in [0.05, 0.1) is 11.9 Å². The second-order valence-corrected chi connectivity index (χ2v) is 11.4. The first-order chi connectivity index (χ1) is 17.5. The summed E-state index contributed by atoms with van der Waals surface area (Å²) in [5.41, 5.74) is 3.17. The van der Waals surface area contributed by atoms with E-state index in [-0.39, 0.29) is 18.5 Å². The first-order valence-electron chi connectivity index (χ1n) is 12.3. The molecule has 1 N–H and O–H groups in total. The maximum absolute atomic E-state index is 13.9. The van der Waals surface area contributed by atoms with Gasteiger partial charge in [-0.2, -0.15) is 0 Å². The molecule has 3 rings (SSSR count). The number of nitrogens with one attached hydrogen (secondary N) is 1. The van der Waals surface area contributed by atoms with E-state index in [4.69, 9.17) is 0 Å². The van der Waals surface area contributed by atoms with Crippen LogP contribution in [0.15, 0.2) is 84.9 Å². The lowest BCUT2D eigenvalue weighted by molar-refractivity contribution is -0.140. The molecule has 1 atom stereocenters. The van der Waals surface area contributed by atoms with Crippen molar-refractivity contribution in [2.45, 2.75) is 45.8 Å². The summed E-state index contributed by atoms with van der Waals surface area (Å²) in [6.07, 6.45) is 1.37. The maximum Gasteiger partial charge on any atom is 0.244 e. The van der Waals surface area contributed by atoms with Crippen molar-refractivity contribution >= 4 is 27.5 Å². The van der Waals surface area contributed by atoms with Crippen molar-refractivity contribution in [2.24, 2.45) is 0 Å². The van der Waals surface area contributed by atoms with Crippen LogP contribution in [0.25, 0.3) is 0 Å². The number of anilines is 1. The van der Waals surface area contributed by atoms with Crippen molar-refractivity contribution in [3.8, 4) is 0 Å². The predicted octanol–water partition coefficient (Wildman–Crippen LogP) is 3.93. The van der Waals surface area contributed by atoms with Gasteiger partial charge < -0.3 is 10.2 Å². The predicted molar refractivity (Wildman–Crippen MR) is 148 cm³/mol. The smallest absolute Gasteiger partial charge is 0.244 e. The van der Waals surface area contributed by atoms with Crippen molar-refractivity contribution in [3.63, 3.8) is 0 Å². The van der Waals surface area contributed by atoms with Crippen molar-refractivity contribution in [1.82, 2.24) is 10.2 Å². The number of aryl methyl sites for hydroxylation is 1. The first kappa shape index (κ1) is 27.9. The Hall–Kier alpha value is -3.65. The van der Waals surface area contributed by atoms with Crippen LogP contribution in [0.3, 0.4) is 0 Å². The van der Waals surface area contributed by atoms with Gasteiger partial charge in [-0.1, -0.05) is 78.4 Å². The van der Waals surface area contributed by atoms with Crippen molar-refractivity contribution in [1.29, 1.82) is 0 Å². The summed E-state index contributed by atoms with van der Waals surface area (Å²) in [6.45, 7) is 5.43. The third-order valence-corrected chi connectivity index (χ3v) is 7.00. The van der Waals surface area contributed by atoms with Gasteiger partial charge in [0.2, 0.25) is 21.8 Å². The Morgan fingerprint density at radius 2 is 1.46 bits per heavy atom. The average molecular weight is 522 g/mol. The summed E-state index contributed by atoms with van der Waals surface area (Å²) in [4.78, 5) is 28.9. The Kier molecular flexibility index (Phi) is 9.47. The molecule has 3 aromatic rings. The van der Waals surface area contributed by atoms with Gasteiger partial charge in [0.1, 0.15) is 12.6 Å². The quantitative estimate of drug-likeness (QED) is 0.414. The monoisotopic (exact) mass is 521 g/mol. The molecule has 37 heavy (non-hydrogen) atoms. The van der Waals surface area contributed by atoms with E-state index in [1.165, 1.54) is 4.90 Å². The highest BCUT2D eigenvalue weighted by molar-refractivity contribution is 7.92. The molecular formula is C29H35N3O4S. The maximum atomic E-state index is 13.9. The number of amides is 2. The number of nitrogens with zero attached hydrogens (tertiary/aromatic N) is 2. The standard InChI is InChI=1S/C29H35N3O4S/c1-22(2)30-29(34)27(19-24-13-7-5-8-14-24)31(20-25-15-11-12-23(3)18-25)28(33)21-32(37(4,35)36)26-16-9-6-10-17-26/h5-18,22,27H,19-21H2,1-4H3,(H,30,34)/t27-/m0/s1. The second kappa shape index (κ2) is 12.5. The molecule has 0 saturated heterocycles. The molecule has 7 nitrogen and oxygen atoms in total. The van der Waals surface area contributed by atoms with Crippen molar-refractivity contribution in [3.05, 3.63) is 102 Å². The molecule has 0 radical (unpaired) electrons. The van der Waals surface area contributed by atoms with Crippen LogP contribution in [0.2, 0.25) is 0 Å². The van der Waals surface area contributed by atoms with E-state index in [9.17, 15) is 18.0 Å². The number of para-hydroxylation sites is 1. The topological polar surface area (TPSA) is 86.8 Å². The molecule has 8 heteroatoms. The lowest BCUT2D eigenvalue weighted by Crippen LogP contribution is -2.54. The van der Waals surface area contributed by atoms with Gasteiger partial charge >= 0.3 is 0 Å². The number of rotatable bonds is 11. The van der Waals surface area contributed by atoms with E-state index >= 15 is 0 Å². The third-order valence-electron chi connectivity index (χ3n) is 5.86. The van der Waals surface area contributed by atoms with Crippen LogP contribution < -0.4 is 9.62 Å². The Bertz CT molecular complexity index is 1290. The fraction of sp³-hybridized carbons (Fsp3) is 0.310. The van der Waals surface area contributed by atoms with Gasteiger partial charge in [0.25, 0.3) is 0 Å². The molecule has 0 aliphatic carbocycles. The summed E-state index contributed by atoms with van der Waals surface area (Å²) < 4.78 is 26.5. The lowest BCUT2D eigenvalue weighted by Gasteiger charge is -2.34. The molecule has 0 spiro atoms. The summed E-state index contributed by atoms with van der Waals surface area (Å²) in [7, 11) is -3.76. The Balaban J connectivity index is 2.04. The van der Waals surface area contributed by atoms with E-state index in [0.717, 1.165) is 27.3 Å². The molecule has 0 aliphatic rings. The molecule has 3 aromatic carbocycles. The van der Waals surface area contributed by atoms with E-state index in [2.05, 4.69) is 5.32 Å². The van der Waals surface area contributed by atoms with Gasteiger partial charge in [0.15, 0.2) is 0 Å². The SMILES string of the molecule is Cc1cccc(CN(C(=O)CN(c2ccccc2)S(C)(=O)=O)[C@@H](Cc2ccccc2)C(=O)NC(C)C)c1. The molecule has 0 unspecified atom stereocenters. The van der Waals surface area contributed by atoms with Crippen molar-refractivity contribution < 1.29 is 18.0 Å². The molecule has 2 amide bonds. The molecule has 0 heterocycles. The van der Waals surface area contributed by atoms with Crippen LogP contribution >= 0.6 is 0 Å². The zero-order valence-corrected chi connectivity index (χ0v) is 22.6. The largest absolute Gasteiger partial charge is 0.352 e. The molecular weight excluding hydrogens is 486 g/mol. The van der Waals surface area contributed by atoms with Crippen LogP contribution in [0.5, 0.6) is 0 Å². The van der Waals surface area contributed by atoms with Gasteiger partial charge in [0, 0.05) is 19.0 Å². The third kappa shape index (κ3) is 8.18. The Morgan fingerprint density at radius 1 is 0.865 bits per heavy atom. The Labute approximate surface area is 220 Å². The van der Waals surface area contributed by atoms with Gasteiger partial charge in [-0.25, -0.2) is 8.42 Å². The summed E-state index contributed by atoms with van der Waals surface area (Å²) in [5.74, 6) is -0.749. The first-order valence-corrected chi connectivity index (χ1v) is 14.1. The van der Waals surface area contributed by atoms with Gasteiger partial charge in [-0.05, 0) is 44.0 Å². The fourth-order valence-electron chi connectivity index (χ4n) is 4.15. The number of carbonyl (C=O) groups is 2. The van der Waals surface area contributed by atoms with E-state index in [1.807, 2.05) is 75.4 Å². The van der Waals surface area contributed by atoms with E-state index in [0.29, 0.717) is 12.1 Å². The number of benzene rings is 3. The highest BCUT2D eigenvalue weighted by Crippen LogP contribution is 2.20. The molecule has 0 bridgehead atoms. The minimum Gasteiger partial charge on any atom is -0.352 e. The molecule has 0 saturated carbocycles. The molecule has 0 fully saturated rings. The number of hydrogen-bond acceptors (Lipinski definition) is 4. The van der Waals surface area contributed by atoms with Gasteiger partial charge in [-0.3, -0.25) is 13.9 Å². The van der Waals surface area contributed by atoms with Crippen molar-refractivity contribution in [2.75, 3.05) is 17.1 Å². The minimum absolute atomic E-state index is 0.126. The normalized spacial score (nSPS) is 12.1. The summed E-state index contributed by atoms with van der Waals surface area (Å²) in [5, 5.41) is 2.95.